The van der Waals surface area contributed by atoms with Crippen LogP contribution in [-0.4, -0.2) is 5.78 Å². The maximum absolute atomic E-state index is 12.3. The van der Waals surface area contributed by atoms with E-state index in [1.165, 1.54) is 11.3 Å². The van der Waals surface area contributed by atoms with Gasteiger partial charge in [-0.3, -0.25) is 4.79 Å². The second-order valence-electron chi connectivity index (χ2n) is 4.13. The largest absolute Gasteiger partial charge is 0.398 e. The van der Waals surface area contributed by atoms with E-state index < -0.39 is 0 Å². The molecule has 3 rings (SSSR count). The Labute approximate surface area is 109 Å². The van der Waals surface area contributed by atoms with Crippen molar-refractivity contribution in [3.63, 3.8) is 0 Å². The summed E-state index contributed by atoms with van der Waals surface area (Å²) in [6.07, 6.45) is 0. The summed E-state index contributed by atoms with van der Waals surface area (Å²) in [6, 6.07) is 13.4. The number of nitrogens with two attached hydrogens (primary N) is 1. The molecule has 0 radical (unpaired) electrons. The molecule has 0 unspecified atom stereocenters. The summed E-state index contributed by atoms with van der Waals surface area (Å²) in [7, 11) is 0. The second kappa shape index (κ2) is 4.27. The molecule has 1 aromatic heterocycles. The van der Waals surface area contributed by atoms with Gasteiger partial charge in [0, 0.05) is 22.2 Å². The van der Waals surface area contributed by atoms with E-state index in [2.05, 4.69) is 0 Å². The molecular formula is C15H11NOS. The summed E-state index contributed by atoms with van der Waals surface area (Å²) in [5.41, 5.74) is 7.78. The van der Waals surface area contributed by atoms with Gasteiger partial charge in [-0.1, -0.05) is 24.3 Å². The van der Waals surface area contributed by atoms with Gasteiger partial charge in [-0.15, -0.1) is 0 Å². The van der Waals surface area contributed by atoms with Crippen LogP contribution in [0, 0.1) is 0 Å². The van der Waals surface area contributed by atoms with Gasteiger partial charge < -0.3 is 5.73 Å². The van der Waals surface area contributed by atoms with Crippen LogP contribution in [0.3, 0.4) is 0 Å². The third-order valence-corrected chi connectivity index (χ3v) is 3.63. The quantitative estimate of drug-likeness (QED) is 0.559. The van der Waals surface area contributed by atoms with Gasteiger partial charge >= 0.3 is 0 Å². The molecule has 0 saturated carbocycles. The maximum atomic E-state index is 12.3. The topological polar surface area (TPSA) is 43.1 Å². The highest BCUT2D eigenvalue weighted by atomic mass is 32.1. The van der Waals surface area contributed by atoms with Crippen LogP contribution in [0.5, 0.6) is 0 Å². The van der Waals surface area contributed by atoms with Crippen LogP contribution in [0.2, 0.25) is 0 Å². The minimum Gasteiger partial charge on any atom is -0.398 e. The summed E-state index contributed by atoms with van der Waals surface area (Å²) < 4.78 is 0. The van der Waals surface area contributed by atoms with E-state index in [1.807, 2.05) is 53.2 Å². The first-order valence-corrected chi connectivity index (χ1v) is 6.55. The Balaban J connectivity index is 2.17. The van der Waals surface area contributed by atoms with Crippen molar-refractivity contribution in [2.75, 3.05) is 5.73 Å². The van der Waals surface area contributed by atoms with E-state index in [0.29, 0.717) is 16.8 Å². The van der Waals surface area contributed by atoms with E-state index in [1.54, 1.807) is 0 Å². The van der Waals surface area contributed by atoms with Gasteiger partial charge in [0.1, 0.15) is 0 Å². The molecule has 3 aromatic rings. The van der Waals surface area contributed by atoms with Crippen molar-refractivity contribution in [1.29, 1.82) is 0 Å². The van der Waals surface area contributed by atoms with Crippen molar-refractivity contribution in [3.05, 3.63) is 64.4 Å². The highest BCUT2D eigenvalue weighted by Gasteiger charge is 2.13. The molecule has 2 aromatic carbocycles. The number of hydrogen-bond donors (Lipinski definition) is 1. The summed E-state index contributed by atoms with van der Waals surface area (Å²) >= 11 is 1.51. The van der Waals surface area contributed by atoms with Crippen molar-refractivity contribution in [3.8, 4) is 0 Å². The minimum absolute atomic E-state index is 0.0143. The fourth-order valence-electron chi connectivity index (χ4n) is 2.00. The Morgan fingerprint density at radius 1 is 1.06 bits per heavy atom. The SMILES string of the molecule is Nc1cc2ccccc2cc1C(=O)c1ccsc1. The van der Waals surface area contributed by atoms with E-state index in [-0.39, 0.29) is 5.78 Å². The fraction of sp³-hybridized carbons (Fsp3) is 0. The average Bonchev–Trinajstić information content (AvgIpc) is 2.91. The first-order chi connectivity index (χ1) is 8.75. The third-order valence-electron chi connectivity index (χ3n) is 2.95. The predicted octanol–water partition coefficient (Wildman–Crippen LogP) is 3.71. The number of carbonyl (C=O) groups excluding carboxylic acids is 1. The summed E-state index contributed by atoms with van der Waals surface area (Å²) in [5.74, 6) is -0.0143. The number of nitrogen functional groups attached to an aromatic ring is 1. The zero-order valence-electron chi connectivity index (χ0n) is 9.59. The molecule has 0 amide bonds. The van der Waals surface area contributed by atoms with Crippen molar-refractivity contribution < 1.29 is 4.79 Å². The monoisotopic (exact) mass is 253 g/mol. The average molecular weight is 253 g/mol. The van der Waals surface area contributed by atoms with Crippen LogP contribution in [0.15, 0.2) is 53.2 Å². The predicted molar refractivity (Wildman–Crippen MR) is 76.1 cm³/mol. The first-order valence-electron chi connectivity index (χ1n) is 5.61. The maximum Gasteiger partial charge on any atom is 0.195 e. The number of ketones is 1. The number of benzene rings is 2. The van der Waals surface area contributed by atoms with E-state index in [4.69, 9.17) is 5.73 Å². The zero-order valence-corrected chi connectivity index (χ0v) is 10.4. The normalized spacial score (nSPS) is 10.7. The molecule has 0 aliphatic rings. The van der Waals surface area contributed by atoms with Crippen LogP contribution in [0.25, 0.3) is 10.8 Å². The van der Waals surface area contributed by atoms with Crippen molar-refractivity contribution in [2.24, 2.45) is 0 Å². The molecule has 0 atom stereocenters. The van der Waals surface area contributed by atoms with E-state index in [9.17, 15) is 4.79 Å². The third kappa shape index (κ3) is 1.79. The Bertz CT molecular complexity index is 716. The van der Waals surface area contributed by atoms with Crippen LogP contribution in [0.4, 0.5) is 5.69 Å². The van der Waals surface area contributed by atoms with Gasteiger partial charge in [0.05, 0.1) is 0 Å². The molecule has 0 saturated heterocycles. The summed E-state index contributed by atoms with van der Waals surface area (Å²) in [5, 5.41) is 5.82. The van der Waals surface area contributed by atoms with Gasteiger partial charge in [0.15, 0.2) is 5.78 Å². The van der Waals surface area contributed by atoms with Gasteiger partial charge in [-0.2, -0.15) is 11.3 Å². The van der Waals surface area contributed by atoms with Crippen LogP contribution in [0.1, 0.15) is 15.9 Å². The highest BCUT2D eigenvalue weighted by Crippen LogP contribution is 2.24. The highest BCUT2D eigenvalue weighted by molar-refractivity contribution is 7.08. The smallest absolute Gasteiger partial charge is 0.195 e. The molecule has 3 heteroatoms. The first kappa shape index (κ1) is 11.0. The Morgan fingerprint density at radius 2 is 1.78 bits per heavy atom. The molecule has 2 N–H and O–H groups in total. The minimum atomic E-state index is -0.0143. The lowest BCUT2D eigenvalue weighted by molar-refractivity contribution is 0.104. The number of rotatable bonds is 2. The van der Waals surface area contributed by atoms with Crippen molar-refractivity contribution in [2.45, 2.75) is 0 Å². The molecule has 88 valence electrons. The Kier molecular flexibility index (Phi) is 2.61. The molecule has 1 heterocycles. The number of anilines is 1. The van der Waals surface area contributed by atoms with E-state index in [0.717, 1.165) is 10.8 Å². The fourth-order valence-corrected chi connectivity index (χ4v) is 2.64. The van der Waals surface area contributed by atoms with E-state index >= 15 is 0 Å². The van der Waals surface area contributed by atoms with Gasteiger partial charge in [-0.25, -0.2) is 0 Å². The molecule has 0 fully saturated rings. The molecule has 2 nitrogen and oxygen atoms in total. The molecular weight excluding hydrogens is 242 g/mol. The van der Waals surface area contributed by atoms with Crippen molar-refractivity contribution in [1.82, 2.24) is 0 Å². The Morgan fingerprint density at radius 3 is 2.44 bits per heavy atom. The lowest BCUT2D eigenvalue weighted by atomic mass is 10.00. The molecule has 18 heavy (non-hydrogen) atoms. The summed E-state index contributed by atoms with van der Waals surface area (Å²) in [6.45, 7) is 0. The van der Waals surface area contributed by atoms with Crippen LogP contribution < -0.4 is 5.73 Å². The molecule has 0 spiro atoms. The number of hydrogen-bond acceptors (Lipinski definition) is 3. The van der Waals surface area contributed by atoms with Crippen LogP contribution >= 0.6 is 11.3 Å². The number of thiophene rings is 1. The molecule has 0 aliphatic carbocycles. The summed E-state index contributed by atoms with van der Waals surface area (Å²) in [4.78, 5) is 12.3. The zero-order chi connectivity index (χ0) is 12.5. The van der Waals surface area contributed by atoms with Gasteiger partial charge in [-0.05, 0) is 34.4 Å². The lowest BCUT2D eigenvalue weighted by Gasteiger charge is -2.06. The standard InChI is InChI=1S/C15H11NOS/c16-14-8-11-4-2-1-3-10(11)7-13(14)15(17)12-5-6-18-9-12/h1-9H,16H2. The second-order valence-corrected chi connectivity index (χ2v) is 4.91. The molecule has 0 bridgehead atoms. The van der Waals surface area contributed by atoms with Gasteiger partial charge in [0.2, 0.25) is 0 Å². The van der Waals surface area contributed by atoms with Crippen molar-refractivity contribution >= 4 is 33.6 Å². The lowest BCUT2D eigenvalue weighted by Crippen LogP contribution is -2.04. The van der Waals surface area contributed by atoms with Crippen LogP contribution in [-0.2, 0) is 0 Å². The number of fused-ring (bicyclic) bond motifs is 1. The van der Waals surface area contributed by atoms with Gasteiger partial charge in [0.25, 0.3) is 0 Å². The molecule has 0 aliphatic heterocycles. The Hall–Kier alpha value is -2.13. The number of carbonyl (C=O) groups is 1.